The molecule has 664 valence electrons. The molecular formula is C94H135Cl3N6O17. The third kappa shape index (κ3) is 31.2. The summed E-state index contributed by atoms with van der Waals surface area (Å²) in [5.74, 6) is -2.46. The molecule has 0 spiro atoms. The van der Waals surface area contributed by atoms with E-state index in [1.165, 1.54) is 5.56 Å². The summed E-state index contributed by atoms with van der Waals surface area (Å²) in [5, 5.41) is 85.1. The van der Waals surface area contributed by atoms with E-state index < -0.39 is 88.4 Å². The zero-order chi connectivity index (χ0) is 88.9. The number of unbranched alkanes of at least 4 members (excludes halogenated alkanes) is 3. The molecule has 0 saturated heterocycles. The number of amides is 4. The first kappa shape index (κ1) is 102. The molecule has 3 saturated carbocycles. The Morgan fingerprint density at radius 1 is 0.450 bits per heavy atom. The normalized spacial score (nSPS) is 20.4. The summed E-state index contributed by atoms with van der Waals surface area (Å²) in [5.41, 5.74) is 12.6. The van der Waals surface area contributed by atoms with Gasteiger partial charge in [0.25, 0.3) is 0 Å². The Morgan fingerprint density at radius 3 is 1.07 bits per heavy atom. The second-order valence-corrected chi connectivity index (χ2v) is 35.8. The summed E-state index contributed by atoms with van der Waals surface area (Å²) in [4.78, 5) is 64.1. The Hall–Kier alpha value is -7.30. The molecule has 12 atom stereocenters. The highest BCUT2D eigenvalue weighted by Crippen LogP contribution is 2.46. The number of aliphatic hydroxyl groups is 6. The van der Waals surface area contributed by atoms with Crippen LogP contribution in [0.3, 0.4) is 0 Å². The molecule has 4 amide bonds. The summed E-state index contributed by atoms with van der Waals surface area (Å²) >= 11 is 20.0. The number of hydrogen-bond donors (Lipinski definition) is 11. The topological polar surface area (TPSA) is 342 Å². The van der Waals surface area contributed by atoms with Crippen molar-refractivity contribution >= 4 is 64.8 Å². The first-order valence-corrected chi connectivity index (χ1v) is 43.1. The summed E-state index contributed by atoms with van der Waals surface area (Å²) in [6.45, 7) is 20.0. The van der Waals surface area contributed by atoms with Crippen molar-refractivity contribution in [3.05, 3.63) is 176 Å². The third-order valence-electron chi connectivity index (χ3n) is 22.4. The number of benzene rings is 6. The first-order chi connectivity index (χ1) is 56.6. The highest BCUT2D eigenvalue weighted by Gasteiger charge is 2.43. The number of halogens is 3. The van der Waals surface area contributed by atoms with Gasteiger partial charge in [-0.25, -0.2) is 9.59 Å². The van der Waals surface area contributed by atoms with Gasteiger partial charge in [0.1, 0.15) is 11.2 Å². The number of aryl methyl sites for hydroxylation is 3. The number of nitrogens with zero attached hydrogens (tertiary/aromatic N) is 2. The quantitative estimate of drug-likeness (QED) is 0.0165. The minimum absolute atomic E-state index is 0.0382. The molecule has 120 heavy (non-hydrogen) atoms. The van der Waals surface area contributed by atoms with Gasteiger partial charge in [0.2, 0.25) is 11.8 Å². The largest absolute Gasteiger partial charge is 0.481 e. The molecule has 6 aromatic carbocycles. The lowest BCUT2D eigenvalue weighted by Gasteiger charge is -2.33. The molecule has 3 fully saturated rings. The number of aliphatic carboxylic acids is 1. The van der Waals surface area contributed by atoms with Crippen LogP contribution in [-0.4, -0.2) is 205 Å². The number of hydrogen-bond acceptors (Lipinski definition) is 18. The number of methoxy groups -OCH3 is 3. The summed E-state index contributed by atoms with van der Waals surface area (Å²) in [6, 6.07) is 40.0. The average molecular weight is 1730 g/mol. The fourth-order valence-corrected chi connectivity index (χ4v) is 16.8. The van der Waals surface area contributed by atoms with Gasteiger partial charge in [-0.1, -0.05) is 161 Å². The van der Waals surface area contributed by atoms with Crippen LogP contribution in [0.1, 0.15) is 190 Å². The van der Waals surface area contributed by atoms with Gasteiger partial charge >= 0.3 is 18.2 Å². The van der Waals surface area contributed by atoms with Crippen molar-refractivity contribution in [1.29, 1.82) is 0 Å². The fraction of sp³-hybridized carbons (Fsp3) is 0.564. The van der Waals surface area contributed by atoms with E-state index in [0.717, 1.165) is 106 Å². The van der Waals surface area contributed by atoms with Crippen LogP contribution in [-0.2, 0) is 54.9 Å². The molecule has 23 nitrogen and oxygen atoms in total. The Labute approximate surface area is 726 Å². The predicted molar refractivity (Wildman–Crippen MR) is 475 cm³/mol. The van der Waals surface area contributed by atoms with Crippen LogP contribution in [0.25, 0.3) is 33.4 Å². The lowest BCUT2D eigenvalue weighted by molar-refractivity contribution is -0.141. The number of aliphatic hydroxyl groups excluding tert-OH is 3. The maximum absolute atomic E-state index is 13.4. The van der Waals surface area contributed by atoms with E-state index >= 15 is 0 Å². The van der Waals surface area contributed by atoms with Crippen molar-refractivity contribution in [2.24, 2.45) is 23.5 Å². The molecule has 0 heterocycles. The van der Waals surface area contributed by atoms with Crippen LogP contribution in [0.4, 0.5) is 9.59 Å². The Morgan fingerprint density at radius 2 is 0.767 bits per heavy atom. The van der Waals surface area contributed by atoms with Crippen molar-refractivity contribution in [3.63, 3.8) is 0 Å². The molecule has 0 radical (unpaired) electrons. The second kappa shape index (κ2) is 48.1. The molecule has 0 aliphatic heterocycles. The minimum atomic E-state index is -1.25. The minimum Gasteiger partial charge on any atom is -0.481 e. The highest BCUT2D eigenvalue weighted by atomic mass is 35.5. The summed E-state index contributed by atoms with van der Waals surface area (Å²) in [7, 11) is 10.4. The van der Waals surface area contributed by atoms with Crippen molar-refractivity contribution in [2.75, 3.05) is 81.9 Å². The molecule has 12 N–H and O–H groups in total. The third-order valence-corrected chi connectivity index (χ3v) is 23.3. The van der Waals surface area contributed by atoms with E-state index in [1.54, 1.807) is 86.8 Å². The van der Waals surface area contributed by atoms with Crippen LogP contribution in [0.5, 0.6) is 0 Å². The molecule has 6 aromatic rings. The number of carboxylic acid groups (broad SMARTS) is 1. The van der Waals surface area contributed by atoms with Crippen molar-refractivity contribution in [2.45, 2.75) is 242 Å². The van der Waals surface area contributed by atoms with Gasteiger partial charge in [-0.05, 0) is 243 Å². The van der Waals surface area contributed by atoms with E-state index in [9.17, 15) is 54.6 Å². The molecule has 0 bridgehead atoms. The smallest absolute Gasteiger partial charge is 0.407 e. The number of carbonyl (C=O) groups is 5. The number of nitrogens with one attached hydrogen (secondary N) is 3. The second-order valence-electron chi connectivity index (χ2n) is 34.6. The number of nitrogens with two attached hydrogens (primary N) is 1. The Bertz CT molecular complexity index is 4230. The van der Waals surface area contributed by atoms with Crippen LogP contribution < -0.4 is 21.7 Å². The van der Waals surface area contributed by atoms with Gasteiger partial charge < -0.3 is 90.9 Å². The fourth-order valence-electron chi connectivity index (χ4n) is 16.0. The molecule has 9 rings (SSSR count). The predicted octanol–water partition coefficient (Wildman–Crippen LogP) is 15.8. The molecular weight excluding hydrogens is 1590 g/mol. The average Bonchev–Trinajstić information content (AvgIpc) is 1.02. The SMILES string of the molecule is CC(C)(C)OC(=O)N[C@H]1C[C@@H](C(=O)O)C[C@H]1O.CNCCC(O)(CCCCOC)c1cccc(Cl)c1-c1cccc(C)c1.COCCCCC(O)(CCN(C)C(=O)[C@H]1C[C@@H](O)[C@@H](NC(=O)OC(C)(C)C)C1)c1cccc(Cl)c1-c1cccc(C)c1.COCCCC[C@](O)(CCN(C)C(=O)[C@H]1C[C@@H](N)[C@@H](O)C1)c1cccc(Cl)c1-c1cccc(C)c1. The van der Waals surface area contributed by atoms with Crippen LogP contribution in [0.2, 0.25) is 15.1 Å². The lowest BCUT2D eigenvalue weighted by atomic mass is 9.81. The van der Waals surface area contributed by atoms with Crippen molar-refractivity contribution in [3.8, 4) is 33.4 Å². The van der Waals surface area contributed by atoms with Crippen LogP contribution >= 0.6 is 34.8 Å². The molecule has 26 heteroatoms. The zero-order valence-corrected chi connectivity index (χ0v) is 75.4. The van der Waals surface area contributed by atoms with Crippen LogP contribution in [0, 0.1) is 38.5 Å². The number of carbonyl (C=O) groups excluding carboxylic acids is 4. The van der Waals surface area contributed by atoms with E-state index in [4.69, 9.17) is 69.3 Å². The van der Waals surface area contributed by atoms with Gasteiger partial charge in [-0.3, -0.25) is 14.4 Å². The van der Waals surface area contributed by atoms with Gasteiger partial charge in [-0.15, -0.1) is 0 Å². The maximum Gasteiger partial charge on any atom is 0.407 e. The van der Waals surface area contributed by atoms with Gasteiger partial charge in [0.15, 0.2) is 0 Å². The van der Waals surface area contributed by atoms with Crippen molar-refractivity contribution in [1.82, 2.24) is 25.8 Å². The van der Waals surface area contributed by atoms with Gasteiger partial charge in [-0.2, -0.15) is 0 Å². The molecule has 2 unspecified atom stereocenters. The molecule has 3 aliphatic rings. The zero-order valence-electron chi connectivity index (χ0n) is 73.1. The number of rotatable bonds is 35. The Balaban J connectivity index is 0.000000259. The monoisotopic (exact) mass is 1720 g/mol. The standard InChI is InChI=1S/C33H47ClN2O6.C28H39ClN2O4.C22H30ClNO2.C11H19NO5/c1-22-11-9-12-23(19-22)29-25(13-10-14-26(29)34)33(40,15-7-8-18-41-6)16-17-36(5)30(38)24-20-27(28(37)21-24)35-31(39)42-32(2,3)4;1-19-8-6-9-20(16-19)26-22(10-7-11-23(26)29)28(34,12-4-5-15-35-3)13-14-31(2)27(33)21-17-24(30)25(32)18-21;1-17-8-6-9-18(16-17)21-19(10-7-11-20(21)23)22(25,13-14-24-2)12-4-5-15-26-3;1-11(2,3)17-10(16)12-7-4-6(9(14)15)5-8(7)13/h9-14,19,24,27-28,37,40H,7-8,15-18,20-21H2,1-6H3,(H,35,39);6-11,16,21,24-25,32,34H,4-5,12-15,17-18,30H2,1-3H3;6-11,16,24-25H,4-5,12-15H2,1-3H3;6-8,13H,4-5H2,1-3H3,(H,12,16)(H,14,15)/t24-,27+,28-,33?;21-,24+,25-,28-;;6-,7+,8-/m10.1/s1. The van der Waals surface area contributed by atoms with E-state index in [-0.39, 0.29) is 43.0 Å². The lowest BCUT2D eigenvalue weighted by Crippen LogP contribution is -2.43. The highest BCUT2D eigenvalue weighted by molar-refractivity contribution is 6.34. The van der Waals surface area contributed by atoms with E-state index in [2.05, 4.69) is 53.2 Å². The van der Waals surface area contributed by atoms with Gasteiger partial charge in [0.05, 0.1) is 53.1 Å². The van der Waals surface area contributed by atoms with E-state index in [1.807, 2.05) is 118 Å². The van der Waals surface area contributed by atoms with Gasteiger partial charge in [0, 0.05) is 118 Å². The summed E-state index contributed by atoms with van der Waals surface area (Å²) < 4.78 is 25.9. The molecule has 0 aromatic heterocycles. The molecule has 3 aliphatic carbocycles. The summed E-state index contributed by atoms with van der Waals surface area (Å²) in [6.07, 6.45) is 6.18. The van der Waals surface area contributed by atoms with Crippen molar-refractivity contribution < 1.29 is 83.4 Å². The number of ether oxygens (including phenoxy) is 5. The maximum atomic E-state index is 13.4. The number of carboxylic acids is 1. The number of alkyl carbamates (subject to hydrolysis) is 2. The Kier molecular flexibility index (Phi) is 40.7. The van der Waals surface area contributed by atoms with Crippen LogP contribution in [0.15, 0.2) is 127 Å². The van der Waals surface area contributed by atoms with E-state index in [0.29, 0.717) is 106 Å². The first-order valence-electron chi connectivity index (χ1n) is 42.0.